The van der Waals surface area contributed by atoms with Crippen LogP contribution in [-0.4, -0.2) is 49.2 Å². The number of rotatable bonds is 10. The van der Waals surface area contributed by atoms with Crippen molar-refractivity contribution in [2.75, 3.05) is 32.8 Å². The average Bonchev–Trinajstić information content (AvgIpc) is 2.35. The minimum absolute atomic E-state index is 0.148. The molecule has 114 valence electrons. The minimum Gasteiger partial charge on any atom is -0.465 e. The molecule has 4 heteroatoms. The van der Waals surface area contributed by atoms with Gasteiger partial charge in [-0.25, -0.2) is 0 Å². The number of carbonyl (C=O) groups is 1. The Morgan fingerprint density at radius 2 is 1.95 bits per heavy atom. The van der Waals surface area contributed by atoms with Crippen molar-refractivity contribution in [1.82, 2.24) is 10.2 Å². The highest BCUT2D eigenvalue weighted by Crippen LogP contribution is 2.12. The number of carbonyl (C=O) groups excluding carboxylic acids is 1. The van der Waals surface area contributed by atoms with Crippen molar-refractivity contribution >= 4 is 5.97 Å². The normalized spacial score (nSPS) is 14.7. The van der Waals surface area contributed by atoms with E-state index < -0.39 is 5.54 Å². The summed E-state index contributed by atoms with van der Waals surface area (Å²) in [7, 11) is 0. The number of ether oxygens (including phenoxy) is 1. The van der Waals surface area contributed by atoms with Gasteiger partial charge in [-0.05, 0) is 39.3 Å². The molecule has 0 aliphatic heterocycles. The van der Waals surface area contributed by atoms with Gasteiger partial charge in [0.25, 0.3) is 0 Å². The summed E-state index contributed by atoms with van der Waals surface area (Å²) in [6.07, 6.45) is 1.01. The first-order chi connectivity index (χ1) is 8.89. The lowest BCUT2D eigenvalue weighted by atomic mass is 10.0. The lowest BCUT2D eigenvalue weighted by Gasteiger charge is -2.34. The summed E-state index contributed by atoms with van der Waals surface area (Å²) < 4.78 is 5.23. The molecule has 1 unspecified atom stereocenters. The fourth-order valence-corrected chi connectivity index (χ4v) is 2.15. The highest BCUT2D eigenvalue weighted by molar-refractivity contribution is 5.80. The van der Waals surface area contributed by atoms with Crippen LogP contribution in [0.15, 0.2) is 0 Å². The van der Waals surface area contributed by atoms with Crippen LogP contribution in [0.25, 0.3) is 0 Å². The molecule has 0 fully saturated rings. The predicted molar refractivity (Wildman–Crippen MR) is 80.3 cm³/mol. The Morgan fingerprint density at radius 1 is 1.32 bits per heavy atom. The van der Waals surface area contributed by atoms with Crippen LogP contribution < -0.4 is 5.32 Å². The van der Waals surface area contributed by atoms with Crippen molar-refractivity contribution in [2.45, 2.75) is 53.5 Å². The fraction of sp³-hybridized carbons (Fsp3) is 0.933. The number of hydrogen-bond donors (Lipinski definition) is 1. The van der Waals surface area contributed by atoms with Gasteiger partial charge >= 0.3 is 5.97 Å². The zero-order valence-corrected chi connectivity index (χ0v) is 13.6. The summed E-state index contributed by atoms with van der Waals surface area (Å²) in [5, 5.41) is 3.35. The van der Waals surface area contributed by atoms with Gasteiger partial charge in [-0.3, -0.25) is 4.79 Å². The third-order valence-corrected chi connectivity index (χ3v) is 3.10. The molecule has 0 heterocycles. The molecular weight excluding hydrogens is 240 g/mol. The van der Waals surface area contributed by atoms with E-state index in [0.29, 0.717) is 19.1 Å². The first-order valence-electron chi connectivity index (χ1n) is 7.54. The first-order valence-corrected chi connectivity index (χ1v) is 7.54. The minimum atomic E-state index is -0.614. The Bertz CT molecular complexity index is 257. The highest BCUT2D eigenvalue weighted by Gasteiger charge is 2.35. The molecule has 4 nitrogen and oxygen atoms in total. The van der Waals surface area contributed by atoms with Gasteiger partial charge in [0.1, 0.15) is 5.54 Å². The molecule has 0 spiro atoms. The first kappa shape index (κ1) is 18.4. The smallest absolute Gasteiger partial charge is 0.327 e. The Kier molecular flexibility index (Phi) is 9.02. The quantitative estimate of drug-likeness (QED) is 0.620. The molecule has 0 aliphatic carbocycles. The summed E-state index contributed by atoms with van der Waals surface area (Å²) in [6, 6.07) is 0. The van der Waals surface area contributed by atoms with E-state index in [2.05, 4.69) is 37.9 Å². The van der Waals surface area contributed by atoms with Crippen LogP contribution in [0.5, 0.6) is 0 Å². The summed E-state index contributed by atoms with van der Waals surface area (Å²) in [6.45, 7) is 16.3. The van der Waals surface area contributed by atoms with E-state index in [-0.39, 0.29) is 5.97 Å². The van der Waals surface area contributed by atoms with Crippen molar-refractivity contribution in [3.8, 4) is 0 Å². The van der Waals surface area contributed by atoms with Crippen LogP contribution in [0.2, 0.25) is 0 Å². The van der Waals surface area contributed by atoms with Crippen molar-refractivity contribution in [1.29, 1.82) is 0 Å². The Hall–Kier alpha value is -0.610. The molecule has 0 aromatic carbocycles. The van der Waals surface area contributed by atoms with E-state index >= 15 is 0 Å². The summed E-state index contributed by atoms with van der Waals surface area (Å²) in [5.74, 6) is 0.447. The second kappa shape index (κ2) is 9.32. The molecule has 0 aromatic rings. The van der Waals surface area contributed by atoms with Gasteiger partial charge in [-0.15, -0.1) is 0 Å². The monoisotopic (exact) mass is 272 g/mol. The molecule has 0 amide bonds. The molecule has 0 saturated heterocycles. The molecule has 19 heavy (non-hydrogen) atoms. The molecule has 0 rings (SSSR count). The van der Waals surface area contributed by atoms with Crippen LogP contribution in [-0.2, 0) is 9.53 Å². The van der Waals surface area contributed by atoms with Crippen molar-refractivity contribution in [2.24, 2.45) is 5.92 Å². The van der Waals surface area contributed by atoms with E-state index in [1.165, 1.54) is 0 Å². The maximum atomic E-state index is 12.2. The average molecular weight is 272 g/mol. The second-order valence-corrected chi connectivity index (χ2v) is 5.70. The fourth-order valence-electron chi connectivity index (χ4n) is 2.15. The highest BCUT2D eigenvalue weighted by atomic mass is 16.5. The van der Waals surface area contributed by atoms with Crippen LogP contribution in [0.1, 0.15) is 48.0 Å². The van der Waals surface area contributed by atoms with E-state index in [4.69, 9.17) is 4.74 Å². The maximum absolute atomic E-state index is 12.2. The van der Waals surface area contributed by atoms with Gasteiger partial charge in [0.15, 0.2) is 0 Å². The number of esters is 1. The van der Waals surface area contributed by atoms with E-state index in [1.807, 2.05) is 13.8 Å². The second-order valence-electron chi connectivity index (χ2n) is 5.70. The maximum Gasteiger partial charge on any atom is 0.327 e. The Labute approximate surface area is 118 Å². The van der Waals surface area contributed by atoms with Crippen molar-refractivity contribution < 1.29 is 9.53 Å². The zero-order chi connectivity index (χ0) is 14.9. The van der Waals surface area contributed by atoms with Gasteiger partial charge in [0, 0.05) is 13.1 Å². The molecule has 0 aromatic heterocycles. The number of nitrogens with one attached hydrogen (secondary N) is 1. The number of likely N-dealkylation sites (N-methyl/N-ethyl adjacent to an activating group) is 1. The summed E-state index contributed by atoms with van der Waals surface area (Å²) in [5.41, 5.74) is -0.614. The molecule has 1 N–H and O–H groups in total. The lowest BCUT2D eigenvalue weighted by molar-refractivity contribution is -0.151. The van der Waals surface area contributed by atoms with E-state index in [9.17, 15) is 4.79 Å². The lowest BCUT2D eigenvalue weighted by Crippen LogP contribution is -2.58. The van der Waals surface area contributed by atoms with Gasteiger partial charge in [-0.2, -0.15) is 0 Å². The Morgan fingerprint density at radius 3 is 2.37 bits per heavy atom. The summed E-state index contributed by atoms with van der Waals surface area (Å²) >= 11 is 0. The van der Waals surface area contributed by atoms with Crippen LogP contribution in [0.3, 0.4) is 0 Å². The predicted octanol–water partition coefficient (Wildman–Crippen LogP) is 2.29. The van der Waals surface area contributed by atoms with Gasteiger partial charge in [0.2, 0.25) is 0 Å². The third-order valence-electron chi connectivity index (χ3n) is 3.10. The van der Waals surface area contributed by atoms with Gasteiger partial charge < -0.3 is 15.0 Å². The molecular formula is C15H32N2O2. The zero-order valence-electron chi connectivity index (χ0n) is 13.6. The van der Waals surface area contributed by atoms with Gasteiger partial charge in [-0.1, -0.05) is 27.7 Å². The standard InChI is InChI=1S/C15H32N2O2/c1-7-10-16-15(6,14(18)19-9-3)12-17(8-2)11-13(4)5/h13,16H,7-12H2,1-6H3. The van der Waals surface area contributed by atoms with Crippen LogP contribution in [0.4, 0.5) is 0 Å². The molecule has 1 atom stereocenters. The largest absolute Gasteiger partial charge is 0.465 e. The Balaban J connectivity index is 4.75. The number of hydrogen-bond acceptors (Lipinski definition) is 4. The molecule has 0 radical (unpaired) electrons. The van der Waals surface area contributed by atoms with Crippen LogP contribution >= 0.6 is 0 Å². The van der Waals surface area contributed by atoms with Crippen molar-refractivity contribution in [3.05, 3.63) is 0 Å². The molecule has 0 bridgehead atoms. The van der Waals surface area contributed by atoms with Gasteiger partial charge in [0.05, 0.1) is 6.61 Å². The number of nitrogens with zero attached hydrogens (tertiary/aromatic N) is 1. The summed E-state index contributed by atoms with van der Waals surface area (Å²) in [4.78, 5) is 14.5. The third kappa shape index (κ3) is 6.92. The SMILES string of the molecule is CCCNC(C)(CN(CC)CC(C)C)C(=O)OCC. The molecule has 0 aliphatic rings. The topological polar surface area (TPSA) is 41.6 Å². The van der Waals surface area contributed by atoms with Crippen LogP contribution in [0, 0.1) is 5.92 Å². The molecule has 0 saturated carbocycles. The van der Waals surface area contributed by atoms with E-state index in [1.54, 1.807) is 0 Å². The van der Waals surface area contributed by atoms with Crippen molar-refractivity contribution in [3.63, 3.8) is 0 Å². The van der Waals surface area contributed by atoms with E-state index in [0.717, 1.165) is 26.1 Å².